The van der Waals surface area contributed by atoms with Crippen molar-refractivity contribution >= 4 is 23.3 Å². The largest absolute Gasteiger partial charge is 0.477 e. The van der Waals surface area contributed by atoms with E-state index >= 15 is 0 Å². The highest BCUT2D eigenvalue weighted by Crippen LogP contribution is 2.17. The molecule has 0 bridgehead atoms. The molecule has 82 valence electrons. The molecular formula is C8H11N3O3S. The van der Waals surface area contributed by atoms with Crippen molar-refractivity contribution in [2.45, 2.75) is 13.5 Å². The van der Waals surface area contributed by atoms with Crippen LogP contribution in [0, 0.1) is 6.92 Å². The number of hydrogen-bond donors (Lipinski definition) is 3. The first-order chi connectivity index (χ1) is 7.04. The van der Waals surface area contributed by atoms with Crippen LogP contribution in [0.15, 0.2) is 0 Å². The van der Waals surface area contributed by atoms with E-state index in [0.717, 1.165) is 11.3 Å². The van der Waals surface area contributed by atoms with Crippen LogP contribution in [0.1, 0.15) is 20.4 Å². The molecule has 0 saturated heterocycles. The Hall–Kier alpha value is -1.63. The van der Waals surface area contributed by atoms with Gasteiger partial charge in [-0.25, -0.2) is 14.6 Å². The minimum Gasteiger partial charge on any atom is -0.477 e. The second-order valence-corrected chi connectivity index (χ2v) is 3.84. The third kappa shape index (κ3) is 2.91. The van der Waals surface area contributed by atoms with Crippen molar-refractivity contribution in [1.82, 2.24) is 15.6 Å². The number of amides is 2. The molecule has 0 unspecified atom stereocenters. The summed E-state index contributed by atoms with van der Waals surface area (Å²) in [6.07, 6.45) is 0. The van der Waals surface area contributed by atoms with Crippen molar-refractivity contribution in [3.63, 3.8) is 0 Å². The maximum absolute atomic E-state index is 10.8. The molecule has 0 fully saturated rings. The van der Waals surface area contributed by atoms with Crippen LogP contribution in [0.4, 0.5) is 4.79 Å². The molecule has 0 radical (unpaired) electrons. The van der Waals surface area contributed by atoms with Crippen molar-refractivity contribution in [2.24, 2.45) is 0 Å². The molecule has 0 aliphatic heterocycles. The van der Waals surface area contributed by atoms with E-state index < -0.39 is 5.97 Å². The van der Waals surface area contributed by atoms with Gasteiger partial charge in [-0.1, -0.05) is 0 Å². The Bertz CT molecular complexity index is 388. The lowest BCUT2D eigenvalue weighted by atomic mass is 10.4. The summed E-state index contributed by atoms with van der Waals surface area (Å²) in [6.45, 7) is 1.86. The number of thiazole rings is 1. The van der Waals surface area contributed by atoms with E-state index in [1.165, 1.54) is 7.05 Å². The average molecular weight is 229 g/mol. The van der Waals surface area contributed by atoms with E-state index in [2.05, 4.69) is 15.6 Å². The lowest BCUT2D eigenvalue weighted by Gasteiger charge is -1.99. The standard InChI is InChI=1S/C8H11N3O3S/c1-4-6(7(12)13)15-5(11-4)3-10-8(14)9-2/h3H2,1-2H3,(H,12,13)(H2,9,10,14). The summed E-state index contributed by atoms with van der Waals surface area (Å²) in [7, 11) is 1.51. The zero-order chi connectivity index (χ0) is 11.4. The topological polar surface area (TPSA) is 91.3 Å². The average Bonchev–Trinajstić information content (AvgIpc) is 2.56. The molecule has 2 amide bonds. The number of hydrogen-bond acceptors (Lipinski definition) is 4. The molecule has 1 heterocycles. The second-order valence-electron chi connectivity index (χ2n) is 2.76. The fraction of sp³-hybridized carbons (Fsp3) is 0.375. The number of carbonyl (C=O) groups excluding carboxylic acids is 1. The Morgan fingerprint density at radius 2 is 2.20 bits per heavy atom. The quantitative estimate of drug-likeness (QED) is 0.707. The van der Waals surface area contributed by atoms with Crippen molar-refractivity contribution in [3.05, 3.63) is 15.6 Å². The highest BCUT2D eigenvalue weighted by Gasteiger charge is 2.13. The molecule has 0 spiro atoms. The molecule has 1 aromatic heterocycles. The first kappa shape index (κ1) is 11.4. The molecular weight excluding hydrogens is 218 g/mol. The van der Waals surface area contributed by atoms with Gasteiger partial charge in [0.05, 0.1) is 12.2 Å². The molecule has 7 heteroatoms. The van der Waals surface area contributed by atoms with Gasteiger partial charge in [-0.3, -0.25) is 0 Å². The predicted octanol–water partition coefficient (Wildman–Crippen LogP) is 0.579. The van der Waals surface area contributed by atoms with Gasteiger partial charge in [-0.15, -0.1) is 11.3 Å². The van der Waals surface area contributed by atoms with Crippen LogP contribution in [0.2, 0.25) is 0 Å². The molecule has 0 atom stereocenters. The first-order valence-corrected chi connectivity index (χ1v) is 5.01. The molecule has 15 heavy (non-hydrogen) atoms. The van der Waals surface area contributed by atoms with E-state index in [0.29, 0.717) is 10.7 Å². The number of rotatable bonds is 3. The number of aromatic nitrogens is 1. The SMILES string of the molecule is CNC(=O)NCc1nc(C)c(C(=O)O)s1. The van der Waals surface area contributed by atoms with Crippen LogP contribution in [0.25, 0.3) is 0 Å². The lowest BCUT2D eigenvalue weighted by Crippen LogP contribution is -2.32. The van der Waals surface area contributed by atoms with Crippen LogP contribution in [-0.2, 0) is 6.54 Å². The highest BCUT2D eigenvalue weighted by atomic mass is 32.1. The Morgan fingerprint density at radius 1 is 1.53 bits per heavy atom. The van der Waals surface area contributed by atoms with Crippen molar-refractivity contribution in [3.8, 4) is 0 Å². The minimum atomic E-state index is -0.990. The number of carbonyl (C=O) groups is 2. The number of urea groups is 1. The van der Waals surface area contributed by atoms with Gasteiger partial charge in [-0.05, 0) is 6.92 Å². The third-order valence-corrected chi connectivity index (χ3v) is 2.81. The highest BCUT2D eigenvalue weighted by molar-refractivity contribution is 7.13. The summed E-state index contributed by atoms with van der Waals surface area (Å²) in [5.74, 6) is -0.990. The van der Waals surface area contributed by atoms with Crippen LogP contribution < -0.4 is 10.6 Å². The Kier molecular flexibility index (Phi) is 3.62. The zero-order valence-electron chi connectivity index (χ0n) is 8.33. The third-order valence-electron chi connectivity index (χ3n) is 1.66. The first-order valence-electron chi connectivity index (χ1n) is 4.19. The van der Waals surface area contributed by atoms with Crippen LogP contribution >= 0.6 is 11.3 Å². The number of aryl methyl sites for hydroxylation is 1. The zero-order valence-corrected chi connectivity index (χ0v) is 9.14. The second kappa shape index (κ2) is 4.74. The lowest BCUT2D eigenvalue weighted by molar-refractivity contribution is 0.0701. The minimum absolute atomic E-state index is 0.212. The smallest absolute Gasteiger partial charge is 0.347 e. The van der Waals surface area contributed by atoms with Gasteiger partial charge < -0.3 is 15.7 Å². The van der Waals surface area contributed by atoms with E-state index in [9.17, 15) is 9.59 Å². The Balaban J connectivity index is 2.67. The molecule has 1 rings (SSSR count). The monoisotopic (exact) mass is 229 g/mol. The van der Waals surface area contributed by atoms with Gasteiger partial charge in [0.1, 0.15) is 9.88 Å². The van der Waals surface area contributed by atoms with Gasteiger partial charge in [0.25, 0.3) is 0 Å². The van der Waals surface area contributed by atoms with Gasteiger partial charge in [-0.2, -0.15) is 0 Å². The van der Waals surface area contributed by atoms with E-state index in [4.69, 9.17) is 5.11 Å². The van der Waals surface area contributed by atoms with Crippen LogP contribution in [-0.4, -0.2) is 29.1 Å². The molecule has 1 aromatic rings. The van der Waals surface area contributed by atoms with Gasteiger partial charge in [0, 0.05) is 7.05 Å². The predicted molar refractivity (Wildman–Crippen MR) is 55.1 cm³/mol. The molecule has 6 nitrogen and oxygen atoms in total. The number of carboxylic acid groups (broad SMARTS) is 1. The number of nitrogens with one attached hydrogen (secondary N) is 2. The number of carboxylic acids is 1. The Morgan fingerprint density at radius 3 is 2.67 bits per heavy atom. The maximum Gasteiger partial charge on any atom is 0.347 e. The summed E-state index contributed by atoms with van der Waals surface area (Å²) >= 11 is 1.07. The fourth-order valence-corrected chi connectivity index (χ4v) is 1.81. The van der Waals surface area contributed by atoms with Crippen LogP contribution in [0.5, 0.6) is 0 Å². The van der Waals surface area contributed by atoms with E-state index in [1.54, 1.807) is 6.92 Å². The van der Waals surface area contributed by atoms with Gasteiger partial charge in [0.15, 0.2) is 0 Å². The molecule has 0 aromatic carbocycles. The van der Waals surface area contributed by atoms with Gasteiger partial charge in [0.2, 0.25) is 0 Å². The summed E-state index contributed by atoms with van der Waals surface area (Å²) in [5.41, 5.74) is 0.473. The summed E-state index contributed by atoms with van der Waals surface area (Å²) < 4.78 is 0. The summed E-state index contributed by atoms with van der Waals surface area (Å²) in [6, 6.07) is -0.320. The molecule has 0 aliphatic rings. The molecule has 0 aliphatic carbocycles. The van der Waals surface area contributed by atoms with Crippen molar-refractivity contribution in [1.29, 1.82) is 0 Å². The van der Waals surface area contributed by atoms with Crippen molar-refractivity contribution in [2.75, 3.05) is 7.05 Å². The van der Waals surface area contributed by atoms with E-state index in [-0.39, 0.29) is 17.5 Å². The Labute approximate surface area is 90.3 Å². The normalized spacial score (nSPS) is 9.73. The molecule has 3 N–H and O–H groups in total. The number of aromatic carboxylic acids is 1. The number of nitrogens with zero attached hydrogens (tertiary/aromatic N) is 1. The maximum atomic E-state index is 10.8. The summed E-state index contributed by atoms with van der Waals surface area (Å²) in [5, 5.41) is 14.3. The van der Waals surface area contributed by atoms with Crippen LogP contribution in [0.3, 0.4) is 0 Å². The van der Waals surface area contributed by atoms with Gasteiger partial charge >= 0.3 is 12.0 Å². The van der Waals surface area contributed by atoms with Crippen molar-refractivity contribution < 1.29 is 14.7 Å². The fourth-order valence-electron chi connectivity index (χ4n) is 0.971. The summed E-state index contributed by atoms with van der Waals surface area (Å²) in [4.78, 5) is 25.8. The van der Waals surface area contributed by atoms with E-state index in [1.807, 2.05) is 0 Å². The molecule has 0 saturated carbocycles.